The number of pyridine rings is 1. The van der Waals surface area contributed by atoms with Crippen molar-refractivity contribution in [2.24, 2.45) is 7.05 Å². The maximum atomic E-state index is 12.3. The highest BCUT2D eigenvalue weighted by Gasteiger charge is 2.11. The van der Waals surface area contributed by atoms with Crippen LogP contribution in [-0.4, -0.2) is 25.8 Å². The van der Waals surface area contributed by atoms with Gasteiger partial charge in [-0.3, -0.25) is 14.5 Å². The van der Waals surface area contributed by atoms with E-state index in [-0.39, 0.29) is 11.7 Å². The first-order chi connectivity index (χ1) is 12.6. The Morgan fingerprint density at radius 3 is 2.73 bits per heavy atom. The molecule has 0 aliphatic carbocycles. The average molecular weight is 344 g/mol. The molecule has 2 N–H and O–H groups in total. The van der Waals surface area contributed by atoms with Gasteiger partial charge in [-0.15, -0.1) is 0 Å². The summed E-state index contributed by atoms with van der Waals surface area (Å²) in [5.74, 6) is -0.0103. The Morgan fingerprint density at radius 1 is 1.12 bits per heavy atom. The van der Waals surface area contributed by atoms with Gasteiger partial charge in [0.25, 0.3) is 5.91 Å². The third-order valence-corrected chi connectivity index (χ3v) is 4.21. The van der Waals surface area contributed by atoms with Gasteiger partial charge in [-0.1, -0.05) is 24.3 Å². The van der Waals surface area contributed by atoms with E-state index in [9.17, 15) is 9.90 Å². The molecule has 4 rings (SSSR count). The number of nitrogens with zero attached hydrogens (tertiary/aromatic N) is 3. The third-order valence-electron chi connectivity index (χ3n) is 4.21. The second-order valence-electron chi connectivity index (χ2n) is 5.94. The summed E-state index contributed by atoms with van der Waals surface area (Å²) in [4.78, 5) is 16.8. The third kappa shape index (κ3) is 2.88. The molecule has 0 spiro atoms. The highest BCUT2D eigenvalue weighted by Crippen LogP contribution is 2.30. The first kappa shape index (κ1) is 15.8. The molecule has 0 aliphatic rings. The summed E-state index contributed by atoms with van der Waals surface area (Å²) < 4.78 is 1.52. The first-order valence-electron chi connectivity index (χ1n) is 8.09. The highest BCUT2D eigenvalue weighted by molar-refractivity contribution is 6.04. The van der Waals surface area contributed by atoms with E-state index in [1.54, 1.807) is 37.6 Å². The maximum Gasteiger partial charge on any atom is 0.273 e. The molecule has 1 amide bonds. The summed E-state index contributed by atoms with van der Waals surface area (Å²) >= 11 is 0. The molecule has 4 aromatic rings. The standard InChI is InChI=1S/C20H16N4O2/c1-24-18(8-9-22-24)20(26)23-15-7-6-13-10-14(12-21-17(13)11-15)16-4-2-3-5-19(16)25/h2-12,25H,1H3,(H,23,26). The molecule has 0 saturated heterocycles. The molecule has 0 unspecified atom stereocenters. The minimum absolute atomic E-state index is 0.216. The zero-order valence-electron chi connectivity index (χ0n) is 14.0. The number of nitrogens with one attached hydrogen (secondary N) is 1. The van der Waals surface area contributed by atoms with Gasteiger partial charge in [0, 0.05) is 41.6 Å². The summed E-state index contributed by atoms with van der Waals surface area (Å²) in [5.41, 5.74) is 3.46. The number of phenolic OH excluding ortho intramolecular Hbond substituents is 1. The molecule has 2 aromatic heterocycles. The van der Waals surface area contributed by atoms with Gasteiger partial charge >= 0.3 is 0 Å². The molecule has 0 bridgehead atoms. The van der Waals surface area contributed by atoms with Crippen LogP contribution in [0.5, 0.6) is 5.75 Å². The zero-order chi connectivity index (χ0) is 18.1. The summed E-state index contributed by atoms with van der Waals surface area (Å²) in [6.45, 7) is 0. The van der Waals surface area contributed by atoms with Crippen molar-refractivity contribution in [1.82, 2.24) is 14.8 Å². The molecule has 0 fully saturated rings. The predicted octanol–water partition coefficient (Wildman–Crippen LogP) is 3.59. The van der Waals surface area contributed by atoms with E-state index in [0.717, 1.165) is 22.0 Å². The smallest absolute Gasteiger partial charge is 0.273 e. The fourth-order valence-corrected chi connectivity index (χ4v) is 2.86. The molecule has 26 heavy (non-hydrogen) atoms. The fourth-order valence-electron chi connectivity index (χ4n) is 2.86. The number of rotatable bonds is 3. The van der Waals surface area contributed by atoms with Crippen LogP contribution in [0.4, 0.5) is 5.69 Å². The van der Waals surface area contributed by atoms with E-state index >= 15 is 0 Å². The van der Waals surface area contributed by atoms with Crippen LogP contribution in [0.15, 0.2) is 67.0 Å². The lowest BCUT2D eigenvalue weighted by Gasteiger charge is -2.08. The van der Waals surface area contributed by atoms with Crippen LogP contribution in [0.1, 0.15) is 10.5 Å². The molecule has 6 nitrogen and oxygen atoms in total. The van der Waals surface area contributed by atoms with Gasteiger partial charge in [0.1, 0.15) is 11.4 Å². The number of aromatic hydroxyl groups is 1. The number of benzene rings is 2. The van der Waals surface area contributed by atoms with Crippen molar-refractivity contribution in [2.75, 3.05) is 5.32 Å². The fraction of sp³-hybridized carbons (Fsp3) is 0.0500. The highest BCUT2D eigenvalue weighted by atomic mass is 16.3. The van der Waals surface area contributed by atoms with Crippen molar-refractivity contribution in [1.29, 1.82) is 0 Å². The first-order valence-corrected chi connectivity index (χ1v) is 8.09. The molecule has 2 aromatic carbocycles. The van der Waals surface area contributed by atoms with Crippen LogP contribution < -0.4 is 5.32 Å². The number of aryl methyl sites for hydroxylation is 1. The normalized spacial score (nSPS) is 10.8. The number of amides is 1. The number of carbonyl (C=O) groups excluding carboxylic acids is 1. The number of aromatic nitrogens is 3. The average Bonchev–Trinajstić information content (AvgIpc) is 3.08. The Morgan fingerprint density at radius 2 is 1.96 bits per heavy atom. The lowest BCUT2D eigenvalue weighted by atomic mass is 10.0. The van der Waals surface area contributed by atoms with Crippen LogP contribution in [0.2, 0.25) is 0 Å². The Balaban J connectivity index is 1.64. The number of para-hydroxylation sites is 1. The van der Waals surface area contributed by atoms with Gasteiger partial charge in [0.05, 0.1) is 5.52 Å². The van der Waals surface area contributed by atoms with Crippen molar-refractivity contribution in [3.05, 3.63) is 72.7 Å². The lowest BCUT2D eigenvalue weighted by Crippen LogP contribution is -2.16. The molecule has 0 aliphatic heterocycles. The van der Waals surface area contributed by atoms with E-state index in [1.807, 2.05) is 36.4 Å². The molecular formula is C20H16N4O2. The number of carbonyl (C=O) groups is 1. The minimum atomic E-state index is -0.227. The van der Waals surface area contributed by atoms with E-state index in [0.29, 0.717) is 11.4 Å². The Bertz CT molecular complexity index is 1120. The number of phenols is 1. The number of anilines is 1. The maximum absolute atomic E-state index is 12.3. The van der Waals surface area contributed by atoms with Gasteiger partial charge in [-0.25, -0.2) is 0 Å². The van der Waals surface area contributed by atoms with Crippen molar-refractivity contribution in [3.8, 4) is 16.9 Å². The van der Waals surface area contributed by atoms with Gasteiger partial charge in [-0.2, -0.15) is 5.10 Å². The minimum Gasteiger partial charge on any atom is -0.507 e. The number of hydrogen-bond acceptors (Lipinski definition) is 4. The van der Waals surface area contributed by atoms with E-state index in [2.05, 4.69) is 15.4 Å². The molecule has 128 valence electrons. The molecule has 2 heterocycles. The Kier molecular flexibility index (Phi) is 3.85. The van der Waals surface area contributed by atoms with E-state index in [4.69, 9.17) is 0 Å². The largest absolute Gasteiger partial charge is 0.507 e. The van der Waals surface area contributed by atoms with Crippen LogP contribution in [0.3, 0.4) is 0 Å². The molecule has 6 heteroatoms. The van der Waals surface area contributed by atoms with Crippen molar-refractivity contribution < 1.29 is 9.90 Å². The predicted molar refractivity (Wildman–Crippen MR) is 100 cm³/mol. The SMILES string of the molecule is Cn1nccc1C(=O)Nc1ccc2cc(-c3ccccc3O)cnc2c1. The van der Waals surface area contributed by atoms with Gasteiger partial charge < -0.3 is 10.4 Å². The van der Waals surface area contributed by atoms with Crippen molar-refractivity contribution in [2.45, 2.75) is 0 Å². The summed E-state index contributed by atoms with van der Waals surface area (Å²) in [7, 11) is 1.72. The molecule has 0 saturated carbocycles. The number of hydrogen-bond donors (Lipinski definition) is 2. The Labute approximate surface area is 149 Å². The molecule has 0 atom stereocenters. The summed E-state index contributed by atoms with van der Waals surface area (Å²) in [5, 5.41) is 17.8. The zero-order valence-corrected chi connectivity index (χ0v) is 14.0. The number of fused-ring (bicyclic) bond motifs is 1. The van der Waals surface area contributed by atoms with Crippen LogP contribution >= 0.6 is 0 Å². The second kappa shape index (κ2) is 6.33. The molecular weight excluding hydrogens is 328 g/mol. The summed E-state index contributed by atoms with van der Waals surface area (Å²) in [6, 6.07) is 16.3. The second-order valence-corrected chi connectivity index (χ2v) is 5.94. The van der Waals surface area contributed by atoms with Gasteiger partial charge in [0.15, 0.2) is 0 Å². The summed E-state index contributed by atoms with van der Waals surface area (Å²) in [6.07, 6.45) is 3.29. The molecule has 0 radical (unpaired) electrons. The Hall–Kier alpha value is -3.67. The van der Waals surface area contributed by atoms with Crippen LogP contribution in [0, 0.1) is 0 Å². The lowest BCUT2D eigenvalue weighted by molar-refractivity contribution is 0.101. The van der Waals surface area contributed by atoms with Crippen LogP contribution in [0.25, 0.3) is 22.0 Å². The topological polar surface area (TPSA) is 80.0 Å². The van der Waals surface area contributed by atoms with E-state index < -0.39 is 0 Å². The van der Waals surface area contributed by atoms with Crippen molar-refractivity contribution in [3.63, 3.8) is 0 Å². The monoisotopic (exact) mass is 344 g/mol. The van der Waals surface area contributed by atoms with Gasteiger partial charge in [-0.05, 0) is 30.3 Å². The van der Waals surface area contributed by atoms with Crippen molar-refractivity contribution >= 4 is 22.5 Å². The van der Waals surface area contributed by atoms with E-state index in [1.165, 1.54) is 4.68 Å². The quantitative estimate of drug-likeness (QED) is 0.595. The van der Waals surface area contributed by atoms with Crippen LogP contribution in [-0.2, 0) is 7.05 Å². The van der Waals surface area contributed by atoms with Gasteiger partial charge in [0.2, 0.25) is 0 Å².